The number of nitrogens with two attached hydrogens (primary N) is 1. The molecule has 0 aliphatic heterocycles. The van der Waals surface area contributed by atoms with Crippen molar-refractivity contribution < 1.29 is 8.42 Å². The molecule has 0 spiro atoms. The summed E-state index contributed by atoms with van der Waals surface area (Å²) >= 11 is 1.61. The van der Waals surface area contributed by atoms with E-state index >= 15 is 0 Å². The van der Waals surface area contributed by atoms with E-state index in [-0.39, 0.29) is 11.4 Å². The predicted octanol–water partition coefficient (Wildman–Crippen LogP) is 1.58. The summed E-state index contributed by atoms with van der Waals surface area (Å²) in [6.45, 7) is 0.557. The van der Waals surface area contributed by atoms with Crippen molar-refractivity contribution >= 4 is 21.4 Å². The highest BCUT2D eigenvalue weighted by Crippen LogP contribution is 2.14. The molecule has 0 amide bonds. The van der Waals surface area contributed by atoms with Crippen molar-refractivity contribution in [1.82, 2.24) is 4.72 Å². The summed E-state index contributed by atoms with van der Waals surface area (Å²) in [5.41, 5.74) is 5.80. The van der Waals surface area contributed by atoms with Gasteiger partial charge in [0.25, 0.3) is 0 Å². The molecule has 0 unspecified atom stereocenters. The predicted molar refractivity (Wildman–Crippen MR) is 85.6 cm³/mol. The monoisotopic (exact) mass is 320 g/mol. The molecule has 0 radical (unpaired) electrons. The van der Waals surface area contributed by atoms with E-state index in [4.69, 9.17) is 5.73 Å². The minimum absolute atomic E-state index is 0.192. The molecule has 1 aromatic heterocycles. The van der Waals surface area contributed by atoms with Crippen molar-refractivity contribution in [3.8, 4) is 11.8 Å². The fourth-order valence-corrected chi connectivity index (χ4v) is 3.69. The van der Waals surface area contributed by atoms with Gasteiger partial charge in [-0.1, -0.05) is 30.0 Å². The molecule has 4 nitrogen and oxygen atoms in total. The molecule has 0 fully saturated rings. The second kappa shape index (κ2) is 7.38. The van der Waals surface area contributed by atoms with Gasteiger partial charge in [-0.25, -0.2) is 13.1 Å². The van der Waals surface area contributed by atoms with Crippen molar-refractivity contribution in [1.29, 1.82) is 0 Å². The van der Waals surface area contributed by atoms with E-state index in [1.165, 1.54) is 0 Å². The van der Waals surface area contributed by atoms with Crippen molar-refractivity contribution in [2.45, 2.75) is 11.3 Å². The molecule has 1 aromatic carbocycles. The van der Waals surface area contributed by atoms with Crippen LogP contribution in [0.2, 0.25) is 0 Å². The fraction of sp³-hybridized carbons (Fsp3) is 0.200. The van der Waals surface area contributed by atoms with Gasteiger partial charge < -0.3 is 5.73 Å². The van der Waals surface area contributed by atoms with E-state index in [0.717, 1.165) is 4.88 Å². The maximum atomic E-state index is 12.3. The van der Waals surface area contributed by atoms with E-state index in [2.05, 4.69) is 16.6 Å². The van der Waals surface area contributed by atoms with Gasteiger partial charge in [-0.2, -0.15) is 0 Å². The van der Waals surface area contributed by atoms with E-state index in [1.807, 2.05) is 17.5 Å². The molecule has 21 heavy (non-hydrogen) atoms. The zero-order valence-electron chi connectivity index (χ0n) is 11.4. The second-order valence-electron chi connectivity index (χ2n) is 4.23. The van der Waals surface area contributed by atoms with Crippen LogP contribution in [-0.2, 0) is 16.4 Å². The Morgan fingerprint density at radius 2 is 2.00 bits per heavy atom. The van der Waals surface area contributed by atoms with E-state index < -0.39 is 10.0 Å². The minimum Gasteiger partial charge on any atom is -0.320 e. The summed E-state index contributed by atoms with van der Waals surface area (Å²) in [4.78, 5) is 1.34. The van der Waals surface area contributed by atoms with Gasteiger partial charge in [0.15, 0.2) is 0 Å². The Kier molecular flexibility index (Phi) is 5.53. The van der Waals surface area contributed by atoms with Gasteiger partial charge in [-0.05, 0) is 30.0 Å². The Hall–Kier alpha value is -1.65. The molecule has 0 aliphatic carbocycles. The zero-order chi connectivity index (χ0) is 15.1. The fourth-order valence-electron chi connectivity index (χ4n) is 1.79. The average Bonchev–Trinajstić information content (AvgIpc) is 2.98. The van der Waals surface area contributed by atoms with Crippen LogP contribution in [0.15, 0.2) is 46.7 Å². The Morgan fingerprint density at radius 3 is 2.71 bits per heavy atom. The largest absolute Gasteiger partial charge is 0.320 e. The van der Waals surface area contributed by atoms with Gasteiger partial charge in [-0.3, -0.25) is 0 Å². The smallest absolute Gasteiger partial charge is 0.241 e. The maximum Gasteiger partial charge on any atom is 0.241 e. The lowest BCUT2D eigenvalue weighted by atomic mass is 10.2. The van der Waals surface area contributed by atoms with Crippen LogP contribution in [0, 0.1) is 11.8 Å². The van der Waals surface area contributed by atoms with Gasteiger partial charge in [0.2, 0.25) is 10.0 Å². The second-order valence-corrected chi connectivity index (χ2v) is 7.00. The number of hydrogen-bond donors (Lipinski definition) is 2. The molecule has 0 aliphatic rings. The Labute approximate surface area is 129 Å². The van der Waals surface area contributed by atoms with Crippen LogP contribution in [0.25, 0.3) is 0 Å². The van der Waals surface area contributed by atoms with Gasteiger partial charge >= 0.3 is 0 Å². The number of hydrogen-bond acceptors (Lipinski definition) is 4. The van der Waals surface area contributed by atoms with Crippen LogP contribution >= 0.6 is 11.3 Å². The van der Waals surface area contributed by atoms with Gasteiger partial charge in [0.1, 0.15) is 0 Å². The SMILES string of the molecule is NCC#Cc1ccccc1S(=O)(=O)NCCc1cccs1. The maximum absolute atomic E-state index is 12.3. The first-order valence-electron chi connectivity index (χ1n) is 6.43. The van der Waals surface area contributed by atoms with E-state index in [9.17, 15) is 8.42 Å². The third-order valence-corrected chi connectivity index (χ3v) is 5.20. The number of rotatable bonds is 5. The van der Waals surface area contributed by atoms with Crippen LogP contribution in [0.5, 0.6) is 0 Å². The van der Waals surface area contributed by atoms with Gasteiger partial charge in [0, 0.05) is 17.0 Å². The first kappa shape index (κ1) is 15.7. The van der Waals surface area contributed by atoms with E-state index in [0.29, 0.717) is 18.5 Å². The van der Waals surface area contributed by atoms with Crippen LogP contribution in [0.4, 0.5) is 0 Å². The Morgan fingerprint density at radius 1 is 1.19 bits per heavy atom. The average molecular weight is 320 g/mol. The topological polar surface area (TPSA) is 72.2 Å². The number of benzene rings is 1. The number of sulfonamides is 1. The molecule has 0 bridgehead atoms. The molecule has 0 saturated carbocycles. The molecule has 6 heteroatoms. The minimum atomic E-state index is -3.56. The summed E-state index contributed by atoms with van der Waals surface area (Å²) < 4.78 is 27.3. The lowest BCUT2D eigenvalue weighted by Crippen LogP contribution is -2.26. The quantitative estimate of drug-likeness (QED) is 0.822. The van der Waals surface area contributed by atoms with Crippen LogP contribution in [-0.4, -0.2) is 21.5 Å². The summed E-state index contributed by atoms with van der Waals surface area (Å²) in [5, 5.41) is 1.97. The highest BCUT2D eigenvalue weighted by molar-refractivity contribution is 7.89. The molecule has 1 heterocycles. The third kappa shape index (κ3) is 4.41. The molecule has 110 valence electrons. The lowest BCUT2D eigenvalue weighted by Gasteiger charge is -2.08. The van der Waals surface area contributed by atoms with E-state index in [1.54, 1.807) is 35.6 Å². The van der Waals surface area contributed by atoms with Crippen molar-refractivity contribution in [3.05, 3.63) is 52.2 Å². The summed E-state index contributed by atoms with van der Waals surface area (Å²) in [7, 11) is -3.56. The summed E-state index contributed by atoms with van der Waals surface area (Å²) in [6.07, 6.45) is 0.674. The molecule has 0 saturated heterocycles. The first-order valence-corrected chi connectivity index (χ1v) is 8.80. The highest BCUT2D eigenvalue weighted by atomic mass is 32.2. The number of thiophene rings is 1. The molecule has 2 rings (SSSR count). The Bertz CT molecular complexity index is 741. The van der Waals surface area contributed by atoms with Crippen LogP contribution in [0.3, 0.4) is 0 Å². The molecule has 2 aromatic rings. The summed E-state index contributed by atoms with van der Waals surface area (Å²) in [5.74, 6) is 5.47. The molecular weight excluding hydrogens is 304 g/mol. The number of nitrogens with one attached hydrogen (secondary N) is 1. The summed E-state index contributed by atoms with van der Waals surface area (Å²) in [6, 6.07) is 10.6. The third-order valence-electron chi connectivity index (χ3n) is 2.75. The standard InChI is InChI=1S/C15H16N2O2S2/c16-10-3-6-13-5-1-2-8-15(13)21(18,19)17-11-9-14-7-4-12-20-14/h1-2,4-5,7-8,12,17H,9-11,16H2. The first-order chi connectivity index (χ1) is 10.1. The lowest BCUT2D eigenvalue weighted by molar-refractivity contribution is 0.581. The molecular formula is C15H16N2O2S2. The highest BCUT2D eigenvalue weighted by Gasteiger charge is 2.16. The Balaban J connectivity index is 2.12. The van der Waals surface area contributed by atoms with Crippen LogP contribution < -0.4 is 10.5 Å². The van der Waals surface area contributed by atoms with Crippen molar-refractivity contribution in [2.75, 3.05) is 13.1 Å². The van der Waals surface area contributed by atoms with Crippen molar-refractivity contribution in [2.24, 2.45) is 5.73 Å². The van der Waals surface area contributed by atoms with Gasteiger partial charge in [0.05, 0.1) is 11.4 Å². The molecule has 3 N–H and O–H groups in total. The van der Waals surface area contributed by atoms with Crippen LogP contribution in [0.1, 0.15) is 10.4 Å². The zero-order valence-corrected chi connectivity index (χ0v) is 13.0. The van der Waals surface area contributed by atoms with Gasteiger partial charge in [-0.15, -0.1) is 11.3 Å². The normalized spacial score (nSPS) is 10.9. The van der Waals surface area contributed by atoms with Crippen molar-refractivity contribution in [3.63, 3.8) is 0 Å². The molecule has 0 atom stereocenters.